The predicted octanol–water partition coefficient (Wildman–Crippen LogP) is 6.65. The molecule has 0 bridgehead atoms. The molecule has 4 rings (SSSR count). The molecule has 1 heterocycles. The third-order valence-corrected chi connectivity index (χ3v) is 7.62. The Morgan fingerprint density at radius 1 is 1.00 bits per heavy atom. The molecule has 2 aromatic rings. The Kier molecular flexibility index (Phi) is 7.09. The Balaban J connectivity index is 1.39. The zero-order chi connectivity index (χ0) is 22.7. The monoisotopic (exact) mass is 437 g/mol. The van der Waals surface area contributed by atoms with E-state index in [9.17, 15) is 9.90 Å². The van der Waals surface area contributed by atoms with Crippen LogP contribution in [0.2, 0.25) is 0 Å². The number of hydrogen-bond acceptors (Lipinski definition) is 3. The molecular weight excluding hydrogens is 398 g/mol. The Morgan fingerprint density at radius 3 is 2.44 bits per heavy atom. The van der Waals surface area contributed by atoms with Gasteiger partial charge >= 0.3 is 5.97 Å². The van der Waals surface area contributed by atoms with Gasteiger partial charge in [0.05, 0.1) is 12.5 Å². The SMILES string of the molecule is CC(C)(C)C1CCC(Oc2ccc3cc(CN4CCCCC4CC(=O)O)ccc3c2)CC1. The van der Waals surface area contributed by atoms with Crippen LogP contribution in [0.15, 0.2) is 36.4 Å². The summed E-state index contributed by atoms with van der Waals surface area (Å²) in [5.41, 5.74) is 1.65. The van der Waals surface area contributed by atoms with Crippen LogP contribution < -0.4 is 4.74 Å². The van der Waals surface area contributed by atoms with Crippen molar-refractivity contribution >= 4 is 16.7 Å². The van der Waals surface area contributed by atoms with E-state index in [-0.39, 0.29) is 12.5 Å². The summed E-state index contributed by atoms with van der Waals surface area (Å²) >= 11 is 0. The molecule has 2 aromatic carbocycles. The maximum Gasteiger partial charge on any atom is 0.304 e. The van der Waals surface area contributed by atoms with Gasteiger partial charge in [0, 0.05) is 12.6 Å². The van der Waals surface area contributed by atoms with Gasteiger partial charge in [-0.2, -0.15) is 0 Å². The number of carbonyl (C=O) groups is 1. The maximum atomic E-state index is 11.2. The third-order valence-electron chi connectivity index (χ3n) is 7.62. The minimum atomic E-state index is -0.695. The molecule has 1 N–H and O–H groups in total. The van der Waals surface area contributed by atoms with Crippen LogP contribution >= 0.6 is 0 Å². The number of rotatable bonds is 6. The first-order valence-electron chi connectivity index (χ1n) is 12.4. The molecule has 1 unspecified atom stereocenters. The second-order valence-corrected chi connectivity index (χ2v) is 11.0. The number of nitrogens with zero attached hydrogens (tertiary/aromatic N) is 1. The lowest BCUT2D eigenvalue weighted by Crippen LogP contribution is -2.40. The average Bonchev–Trinajstić information content (AvgIpc) is 2.75. The zero-order valence-corrected chi connectivity index (χ0v) is 20.0. The minimum Gasteiger partial charge on any atom is -0.490 e. The first-order valence-corrected chi connectivity index (χ1v) is 12.4. The van der Waals surface area contributed by atoms with Crippen molar-refractivity contribution in [2.75, 3.05) is 6.54 Å². The van der Waals surface area contributed by atoms with Gasteiger partial charge in [-0.05, 0) is 90.9 Å². The average molecular weight is 438 g/mol. The van der Waals surface area contributed by atoms with Crippen LogP contribution in [-0.4, -0.2) is 34.7 Å². The van der Waals surface area contributed by atoms with Crippen molar-refractivity contribution in [3.63, 3.8) is 0 Å². The molecule has 0 radical (unpaired) electrons. The molecule has 0 aromatic heterocycles. The van der Waals surface area contributed by atoms with E-state index in [0.717, 1.165) is 56.9 Å². The summed E-state index contributed by atoms with van der Waals surface area (Å²) in [5, 5.41) is 11.7. The minimum absolute atomic E-state index is 0.154. The van der Waals surface area contributed by atoms with Gasteiger partial charge < -0.3 is 9.84 Å². The van der Waals surface area contributed by atoms with Crippen LogP contribution in [0.1, 0.15) is 77.7 Å². The summed E-state index contributed by atoms with van der Waals surface area (Å²) < 4.78 is 6.36. The van der Waals surface area contributed by atoms with Crippen molar-refractivity contribution < 1.29 is 14.6 Å². The van der Waals surface area contributed by atoms with Crippen LogP contribution in [0.5, 0.6) is 5.75 Å². The van der Waals surface area contributed by atoms with Crippen molar-refractivity contribution in [1.29, 1.82) is 0 Å². The number of piperidine rings is 1. The molecule has 4 nitrogen and oxygen atoms in total. The van der Waals surface area contributed by atoms with Crippen LogP contribution in [0.4, 0.5) is 0 Å². The van der Waals surface area contributed by atoms with Crippen molar-refractivity contribution in [1.82, 2.24) is 4.90 Å². The van der Waals surface area contributed by atoms with Gasteiger partial charge in [0.1, 0.15) is 5.75 Å². The Bertz CT molecular complexity index is 924. The number of fused-ring (bicyclic) bond motifs is 1. The van der Waals surface area contributed by atoms with Gasteiger partial charge in [-0.15, -0.1) is 0 Å². The van der Waals surface area contributed by atoms with E-state index in [0.29, 0.717) is 11.5 Å². The molecule has 4 heteroatoms. The first kappa shape index (κ1) is 23.1. The first-order chi connectivity index (χ1) is 15.3. The van der Waals surface area contributed by atoms with E-state index in [1.807, 2.05) is 0 Å². The van der Waals surface area contributed by atoms with Gasteiger partial charge in [0.15, 0.2) is 0 Å². The van der Waals surface area contributed by atoms with Crippen LogP contribution in [0.3, 0.4) is 0 Å². The molecule has 2 fully saturated rings. The maximum absolute atomic E-state index is 11.2. The lowest BCUT2D eigenvalue weighted by molar-refractivity contribution is -0.138. The van der Waals surface area contributed by atoms with E-state index >= 15 is 0 Å². The van der Waals surface area contributed by atoms with E-state index in [1.165, 1.54) is 29.2 Å². The summed E-state index contributed by atoms with van der Waals surface area (Å²) in [7, 11) is 0. The fourth-order valence-corrected chi connectivity index (χ4v) is 5.62. The van der Waals surface area contributed by atoms with Crippen LogP contribution in [0.25, 0.3) is 10.8 Å². The molecule has 1 saturated carbocycles. The highest BCUT2D eigenvalue weighted by atomic mass is 16.5. The molecule has 174 valence electrons. The topological polar surface area (TPSA) is 49.8 Å². The van der Waals surface area contributed by atoms with Gasteiger partial charge in [-0.3, -0.25) is 9.69 Å². The lowest BCUT2D eigenvalue weighted by atomic mass is 9.72. The van der Waals surface area contributed by atoms with Gasteiger partial charge in [-0.1, -0.05) is 45.4 Å². The fourth-order valence-electron chi connectivity index (χ4n) is 5.62. The number of ether oxygens (including phenoxy) is 1. The molecule has 1 aliphatic heterocycles. The number of hydrogen-bond donors (Lipinski definition) is 1. The molecule has 1 atom stereocenters. The summed E-state index contributed by atoms with van der Waals surface area (Å²) in [4.78, 5) is 13.6. The molecule has 0 spiro atoms. The van der Waals surface area contributed by atoms with E-state index in [1.54, 1.807) is 0 Å². The van der Waals surface area contributed by atoms with Gasteiger partial charge in [0.25, 0.3) is 0 Å². The zero-order valence-electron chi connectivity index (χ0n) is 20.0. The lowest BCUT2D eigenvalue weighted by Gasteiger charge is -2.37. The highest BCUT2D eigenvalue weighted by Gasteiger charge is 2.30. The third kappa shape index (κ3) is 5.83. The van der Waals surface area contributed by atoms with Crippen LogP contribution in [-0.2, 0) is 11.3 Å². The molecule has 32 heavy (non-hydrogen) atoms. The molecular formula is C28H39NO3. The van der Waals surface area contributed by atoms with Gasteiger partial charge in [0.2, 0.25) is 0 Å². The molecule has 2 aliphatic rings. The second-order valence-electron chi connectivity index (χ2n) is 11.0. The second kappa shape index (κ2) is 9.82. The summed E-state index contributed by atoms with van der Waals surface area (Å²) in [6.07, 6.45) is 8.64. The number of benzene rings is 2. The molecule has 0 amide bonds. The Hall–Kier alpha value is -2.07. The Labute approximate surface area is 192 Å². The normalized spacial score (nSPS) is 25.0. The van der Waals surface area contributed by atoms with Crippen LogP contribution in [0, 0.1) is 11.3 Å². The smallest absolute Gasteiger partial charge is 0.304 e. The summed E-state index contributed by atoms with van der Waals surface area (Å²) in [5.74, 6) is 1.08. The molecule has 1 aliphatic carbocycles. The highest BCUT2D eigenvalue weighted by molar-refractivity contribution is 5.84. The molecule has 1 saturated heterocycles. The van der Waals surface area contributed by atoms with Crippen molar-refractivity contribution in [3.8, 4) is 5.75 Å². The highest BCUT2D eigenvalue weighted by Crippen LogP contribution is 2.39. The quantitative estimate of drug-likeness (QED) is 0.549. The number of carboxylic acid groups (broad SMARTS) is 1. The summed E-state index contributed by atoms with van der Waals surface area (Å²) in [6, 6.07) is 13.2. The largest absolute Gasteiger partial charge is 0.490 e. The van der Waals surface area contributed by atoms with Crippen molar-refractivity contribution in [3.05, 3.63) is 42.0 Å². The van der Waals surface area contributed by atoms with Crippen molar-refractivity contribution in [2.24, 2.45) is 11.3 Å². The fraction of sp³-hybridized carbons (Fsp3) is 0.607. The number of likely N-dealkylation sites (tertiary alicyclic amines) is 1. The standard InChI is InChI=1S/C28H39NO3/c1-28(2,3)23-10-13-25(14-11-23)32-26-12-9-21-16-20(7-8-22(21)17-26)19-29-15-5-4-6-24(29)18-27(30)31/h7-9,12,16-17,23-25H,4-6,10-11,13-15,18-19H2,1-3H3,(H,30,31). The Morgan fingerprint density at radius 2 is 1.72 bits per heavy atom. The number of carboxylic acids is 1. The predicted molar refractivity (Wildman–Crippen MR) is 130 cm³/mol. The summed E-state index contributed by atoms with van der Waals surface area (Å²) in [6.45, 7) is 8.87. The van der Waals surface area contributed by atoms with Crippen molar-refractivity contribution in [2.45, 2.75) is 90.8 Å². The van der Waals surface area contributed by atoms with Gasteiger partial charge in [-0.25, -0.2) is 0 Å². The van der Waals surface area contributed by atoms with E-state index in [2.05, 4.69) is 62.1 Å². The van der Waals surface area contributed by atoms with E-state index in [4.69, 9.17) is 4.74 Å². The number of aliphatic carboxylic acids is 1. The van der Waals surface area contributed by atoms with E-state index < -0.39 is 5.97 Å².